The summed E-state index contributed by atoms with van der Waals surface area (Å²) in [6.07, 6.45) is 0.412. The lowest BCUT2D eigenvalue weighted by atomic mass is 10.0. The highest BCUT2D eigenvalue weighted by Crippen LogP contribution is 2.27. The Balaban J connectivity index is 2.27. The molecule has 0 spiro atoms. The van der Waals surface area contributed by atoms with Gasteiger partial charge in [0.05, 0.1) is 12.0 Å². The fourth-order valence-corrected chi connectivity index (χ4v) is 2.52. The zero-order valence-corrected chi connectivity index (χ0v) is 11.8. The van der Waals surface area contributed by atoms with E-state index in [1.807, 2.05) is 6.92 Å². The van der Waals surface area contributed by atoms with Crippen molar-refractivity contribution in [3.63, 3.8) is 0 Å². The second kappa shape index (κ2) is 6.24. The summed E-state index contributed by atoms with van der Waals surface area (Å²) in [5, 5.41) is 9.47. The lowest BCUT2D eigenvalue weighted by Crippen LogP contribution is -2.41. The molecule has 6 heteroatoms. The standard InChI is InChI=1S/C14H16ClNO4/c1-9-12(5-6-20-9)14(19)16(8-13(17)18)11-4-2-3-10(15)7-11/h2-4,7,9,12H,5-6,8H2,1H3,(H,17,18). The molecule has 1 aromatic rings. The Morgan fingerprint density at radius 3 is 2.80 bits per heavy atom. The van der Waals surface area contributed by atoms with Crippen molar-refractivity contribution in [2.75, 3.05) is 18.1 Å². The maximum atomic E-state index is 12.5. The highest BCUT2D eigenvalue weighted by molar-refractivity contribution is 6.31. The fraction of sp³-hybridized carbons (Fsp3) is 0.429. The number of carboxylic acids is 1. The minimum absolute atomic E-state index is 0.196. The predicted octanol–water partition coefficient (Wildman–Crippen LogP) is 2.18. The number of halogens is 1. The van der Waals surface area contributed by atoms with Gasteiger partial charge in [0, 0.05) is 17.3 Å². The number of aliphatic carboxylic acids is 1. The van der Waals surface area contributed by atoms with Gasteiger partial charge in [0.2, 0.25) is 5.91 Å². The van der Waals surface area contributed by atoms with Gasteiger partial charge in [0.25, 0.3) is 0 Å². The summed E-state index contributed by atoms with van der Waals surface area (Å²) in [6, 6.07) is 6.63. The van der Waals surface area contributed by atoms with Gasteiger partial charge in [-0.1, -0.05) is 17.7 Å². The molecule has 20 heavy (non-hydrogen) atoms. The van der Waals surface area contributed by atoms with Gasteiger partial charge >= 0.3 is 5.97 Å². The number of carboxylic acid groups (broad SMARTS) is 1. The number of amides is 1. The van der Waals surface area contributed by atoms with Crippen molar-refractivity contribution in [1.29, 1.82) is 0 Å². The molecule has 1 saturated heterocycles. The van der Waals surface area contributed by atoms with E-state index in [1.165, 1.54) is 4.90 Å². The smallest absolute Gasteiger partial charge is 0.323 e. The van der Waals surface area contributed by atoms with E-state index in [0.717, 1.165) is 0 Å². The van der Waals surface area contributed by atoms with Crippen LogP contribution in [0.5, 0.6) is 0 Å². The molecule has 0 aromatic heterocycles. The van der Waals surface area contributed by atoms with E-state index >= 15 is 0 Å². The molecule has 1 aromatic carbocycles. The number of carbonyl (C=O) groups excluding carboxylic acids is 1. The van der Waals surface area contributed by atoms with Gasteiger partial charge in [-0.2, -0.15) is 0 Å². The lowest BCUT2D eigenvalue weighted by molar-refractivity contribution is -0.137. The van der Waals surface area contributed by atoms with Crippen LogP contribution in [-0.4, -0.2) is 36.2 Å². The number of hydrogen-bond donors (Lipinski definition) is 1. The summed E-state index contributed by atoms with van der Waals surface area (Å²) in [6.45, 7) is 1.96. The van der Waals surface area contributed by atoms with Crippen LogP contribution in [0.4, 0.5) is 5.69 Å². The number of rotatable bonds is 4. The van der Waals surface area contributed by atoms with Crippen molar-refractivity contribution in [3.05, 3.63) is 29.3 Å². The molecule has 0 radical (unpaired) electrons. The quantitative estimate of drug-likeness (QED) is 0.925. The Labute approximate surface area is 122 Å². The maximum Gasteiger partial charge on any atom is 0.323 e. The molecular weight excluding hydrogens is 282 g/mol. The molecule has 2 unspecified atom stereocenters. The Kier molecular flexibility index (Phi) is 4.62. The number of hydrogen-bond acceptors (Lipinski definition) is 3. The van der Waals surface area contributed by atoms with Crippen molar-refractivity contribution in [1.82, 2.24) is 0 Å². The molecule has 0 saturated carbocycles. The molecular formula is C14H16ClNO4. The molecule has 0 bridgehead atoms. The van der Waals surface area contributed by atoms with Crippen LogP contribution in [0.2, 0.25) is 5.02 Å². The average Bonchev–Trinajstić information content (AvgIpc) is 2.81. The topological polar surface area (TPSA) is 66.8 Å². The van der Waals surface area contributed by atoms with Gasteiger partial charge in [0.15, 0.2) is 0 Å². The zero-order chi connectivity index (χ0) is 14.7. The van der Waals surface area contributed by atoms with E-state index in [2.05, 4.69) is 0 Å². The first kappa shape index (κ1) is 14.8. The fourth-order valence-electron chi connectivity index (χ4n) is 2.33. The Morgan fingerprint density at radius 2 is 2.25 bits per heavy atom. The van der Waals surface area contributed by atoms with E-state index in [0.29, 0.717) is 23.7 Å². The van der Waals surface area contributed by atoms with E-state index in [-0.39, 0.29) is 24.5 Å². The van der Waals surface area contributed by atoms with E-state index in [4.69, 9.17) is 21.4 Å². The molecule has 2 atom stereocenters. The van der Waals surface area contributed by atoms with Crippen LogP contribution in [0.15, 0.2) is 24.3 Å². The van der Waals surface area contributed by atoms with E-state index in [9.17, 15) is 9.59 Å². The Bertz CT molecular complexity index is 520. The van der Waals surface area contributed by atoms with Gasteiger partial charge in [-0.05, 0) is 31.5 Å². The van der Waals surface area contributed by atoms with Crippen LogP contribution in [-0.2, 0) is 14.3 Å². The lowest BCUT2D eigenvalue weighted by Gasteiger charge is -2.25. The number of ether oxygens (including phenoxy) is 1. The highest BCUT2D eigenvalue weighted by Gasteiger charge is 2.35. The molecule has 1 aliphatic rings. The molecule has 1 aliphatic heterocycles. The minimum Gasteiger partial charge on any atom is -0.480 e. The van der Waals surface area contributed by atoms with Gasteiger partial charge in [-0.25, -0.2) is 0 Å². The normalized spacial score (nSPS) is 21.7. The van der Waals surface area contributed by atoms with Crippen LogP contribution in [0.25, 0.3) is 0 Å². The second-order valence-corrected chi connectivity index (χ2v) is 5.21. The maximum absolute atomic E-state index is 12.5. The van der Waals surface area contributed by atoms with Crippen molar-refractivity contribution < 1.29 is 19.4 Å². The average molecular weight is 298 g/mol. The van der Waals surface area contributed by atoms with Gasteiger partial charge in [0.1, 0.15) is 6.54 Å². The molecule has 108 valence electrons. The number of benzene rings is 1. The van der Waals surface area contributed by atoms with Crippen LogP contribution in [0, 0.1) is 5.92 Å². The van der Waals surface area contributed by atoms with Crippen LogP contribution in [0.1, 0.15) is 13.3 Å². The van der Waals surface area contributed by atoms with E-state index in [1.54, 1.807) is 24.3 Å². The first-order chi connectivity index (χ1) is 9.49. The summed E-state index contributed by atoms with van der Waals surface area (Å²) in [4.78, 5) is 24.8. The van der Waals surface area contributed by atoms with Crippen molar-refractivity contribution in [2.45, 2.75) is 19.4 Å². The molecule has 1 N–H and O–H groups in total. The number of nitrogens with zero attached hydrogens (tertiary/aromatic N) is 1. The van der Waals surface area contributed by atoms with Crippen LogP contribution in [0.3, 0.4) is 0 Å². The molecule has 1 heterocycles. The van der Waals surface area contributed by atoms with Gasteiger partial charge in [-0.3, -0.25) is 9.59 Å². The summed E-state index contributed by atoms with van der Waals surface area (Å²) in [5.74, 6) is -1.61. The Morgan fingerprint density at radius 1 is 1.50 bits per heavy atom. The van der Waals surface area contributed by atoms with Crippen molar-refractivity contribution in [2.24, 2.45) is 5.92 Å². The van der Waals surface area contributed by atoms with Gasteiger partial charge in [-0.15, -0.1) is 0 Å². The van der Waals surface area contributed by atoms with Crippen LogP contribution < -0.4 is 4.90 Å². The first-order valence-electron chi connectivity index (χ1n) is 6.39. The van der Waals surface area contributed by atoms with Gasteiger partial charge < -0.3 is 14.7 Å². The third-order valence-electron chi connectivity index (χ3n) is 3.37. The third kappa shape index (κ3) is 3.29. The molecule has 1 amide bonds. The number of anilines is 1. The van der Waals surface area contributed by atoms with Crippen molar-refractivity contribution >= 4 is 29.2 Å². The van der Waals surface area contributed by atoms with Crippen LogP contribution >= 0.6 is 11.6 Å². The SMILES string of the molecule is CC1OCCC1C(=O)N(CC(=O)O)c1cccc(Cl)c1. The number of carbonyl (C=O) groups is 2. The zero-order valence-electron chi connectivity index (χ0n) is 11.1. The summed E-state index contributed by atoms with van der Waals surface area (Å²) < 4.78 is 5.38. The monoisotopic (exact) mass is 297 g/mol. The molecule has 0 aliphatic carbocycles. The Hall–Kier alpha value is -1.59. The minimum atomic E-state index is -1.06. The van der Waals surface area contributed by atoms with Crippen molar-refractivity contribution in [3.8, 4) is 0 Å². The van der Waals surface area contributed by atoms with E-state index < -0.39 is 5.97 Å². The third-order valence-corrected chi connectivity index (χ3v) is 3.61. The summed E-state index contributed by atoms with van der Waals surface area (Å²) in [5.41, 5.74) is 0.490. The summed E-state index contributed by atoms with van der Waals surface area (Å²) >= 11 is 5.91. The summed E-state index contributed by atoms with van der Waals surface area (Å²) in [7, 11) is 0. The molecule has 2 rings (SSSR count). The first-order valence-corrected chi connectivity index (χ1v) is 6.77. The second-order valence-electron chi connectivity index (χ2n) is 4.77. The highest BCUT2D eigenvalue weighted by atomic mass is 35.5. The largest absolute Gasteiger partial charge is 0.480 e. The molecule has 1 fully saturated rings. The predicted molar refractivity (Wildman–Crippen MR) is 75.0 cm³/mol. The molecule has 5 nitrogen and oxygen atoms in total.